The molecule has 0 saturated heterocycles. The van der Waals surface area contributed by atoms with Gasteiger partial charge in [0.1, 0.15) is 23.0 Å². The van der Waals surface area contributed by atoms with Gasteiger partial charge in [0, 0.05) is 66.8 Å². The third-order valence-electron chi connectivity index (χ3n) is 23.6. The first-order valence-electron chi connectivity index (χ1n) is 38.3. The minimum atomic E-state index is -0.937. The third kappa shape index (κ3) is 10.0. The Kier molecular flexibility index (Phi) is 15.0. The fraction of sp³-hybridized carbons (Fsp3) is 0.0189. The minimum Gasteiger partial charge on any atom is -0.455 e. The smallest absolute Gasteiger partial charge is 0.164 e. The molecule has 0 saturated carbocycles. The molecule has 1 atom stereocenters. The first-order valence-corrected chi connectivity index (χ1v) is 38.3. The van der Waals surface area contributed by atoms with E-state index >= 15 is 0 Å². The molecule has 2 aromatic heterocycles. The van der Waals surface area contributed by atoms with Crippen molar-refractivity contribution < 1.29 is 9.47 Å². The highest BCUT2D eigenvalue weighted by Gasteiger charge is 2.54. The van der Waals surface area contributed by atoms with E-state index in [0.29, 0.717) is 34.3 Å². The summed E-state index contributed by atoms with van der Waals surface area (Å²) in [5, 5.41) is 22.5. The molecule has 114 heavy (non-hydrogen) atoms. The molecular formula is C106H62N6O2. The largest absolute Gasteiger partial charge is 0.455 e. The van der Waals surface area contributed by atoms with Crippen molar-refractivity contribution in [1.82, 2.24) is 19.9 Å². The summed E-state index contributed by atoms with van der Waals surface area (Å²) in [7, 11) is 0. The second kappa shape index (κ2) is 26.1. The lowest BCUT2D eigenvalue weighted by Gasteiger charge is -2.40. The van der Waals surface area contributed by atoms with Crippen molar-refractivity contribution in [3.63, 3.8) is 0 Å². The van der Waals surface area contributed by atoms with Gasteiger partial charge >= 0.3 is 0 Å². The van der Waals surface area contributed by atoms with E-state index in [1.807, 2.05) is 66.7 Å². The van der Waals surface area contributed by atoms with Gasteiger partial charge in [0.2, 0.25) is 0 Å². The van der Waals surface area contributed by atoms with Crippen LogP contribution in [-0.4, -0.2) is 19.9 Å². The fourth-order valence-corrected chi connectivity index (χ4v) is 18.6. The molecular weight excluding hydrogens is 1390 g/mol. The van der Waals surface area contributed by atoms with Crippen molar-refractivity contribution in [2.75, 3.05) is 0 Å². The number of hydrogen-bond acceptors (Lipinski definition) is 8. The second-order valence-electron chi connectivity index (χ2n) is 29.5. The lowest BCUT2D eigenvalue weighted by atomic mass is 9.65. The number of aromatic nitrogens is 4. The van der Waals surface area contributed by atoms with E-state index in [1.165, 1.54) is 22.3 Å². The summed E-state index contributed by atoms with van der Waals surface area (Å²) in [5.74, 6) is 3.99. The molecule has 2 aliphatic heterocycles. The van der Waals surface area contributed by atoms with Gasteiger partial charge in [-0.15, -0.1) is 0 Å². The topological polar surface area (TPSA) is 118 Å². The summed E-state index contributed by atoms with van der Waals surface area (Å²) in [6, 6.07) is 137. The number of nitrogens with zero attached hydrogens (tertiary/aromatic N) is 6. The standard InChI is InChI=1S/C106H62N6O2/c107-63-65-51-53-69(54-52-65)78-38-19-47-90-99(78)113-101-80(40-21-48-91(101)105(90)86-43-12-9-34-81(86)82-35-10-13-44-87(82)105)74-31-16-32-75(60-74)103-109-94(70-25-3-1-4-26-70)61-95(110-103)72-57-55-68(56-58-72)77-37-18-46-89-98(77)84-36-11-14-45-88(84)106(89)92-49-20-39-79(73-30-15-23-66(59-73)64-108)100(92)114-102-85(42-22-50-93(102)106)104-111-96(71-27-5-2-6-28-71)62-97(112-104)83-41-17-29-67-24-7-8-33-76(67)83/h1-62H. The molecule has 18 aromatic rings. The average Bonchev–Trinajstić information content (AvgIpc) is 1.48. The van der Waals surface area contributed by atoms with Crippen molar-refractivity contribution in [2.24, 2.45) is 0 Å². The van der Waals surface area contributed by atoms with Gasteiger partial charge in [-0.25, -0.2) is 19.9 Å². The maximum absolute atomic E-state index is 10.4. The predicted octanol–water partition coefficient (Wildman–Crippen LogP) is 25.8. The van der Waals surface area contributed by atoms with Crippen molar-refractivity contribution in [3.8, 4) is 170 Å². The van der Waals surface area contributed by atoms with Gasteiger partial charge in [-0.05, 0) is 132 Å². The Hall–Kier alpha value is -15.5. The summed E-state index contributed by atoms with van der Waals surface area (Å²) >= 11 is 0. The summed E-state index contributed by atoms with van der Waals surface area (Å²) in [5.41, 5.74) is 29.0. The Bertz CT molecular complexity index is 7090. The highest BCUT2D eigenvalue weighted by atomic mass is 16.5. The van der Waals surface area contributed by atoms with Crippen LogP contribution in [0.1, 0.15) is 55.6 Å². The zero-order valence-electron chi connectivity index (χ0n) is 61.3. The Labute approximate surface area is 658 Å². The van der Waals surface area contributed by atoms with E-state index < -0.39 is 10.8 Å². The van der Waals surface area contributed by atoms with Gasteiger partial charge in [-0.1, -0.05) is 328 Å². The van der Waals surface area contributed by atoms with Crippen LogP contribution in [0, 0.1) is 22.7 Å². The fourth-order valence-electron chi connectivity index (χ4n) is 18.6. The number of rotatable bonds is 10. The molecule has 8 nitrogen and oxygen atoms in total. The van der Waals surface area contributed by atoms with Crippen LogP contribution in [0.2, 0.25) is 0 Å². The molecule has 8 heteroatoms. The normalized spacial score (nSPS) is 13.8. The van der Waals surface area contributed by atoms with E-state index in [4.69, 9.17) is 29.4 Å². The predicted molar refractivity (Wildman–Crippen MR) is 454 cm³/mol. The van der Waals surface area contributed by atoms with Crippen LogP contribution in [0.5, 0.6) is 23.0 Å². The van der Waals surface area contributed by atoms with E-state index in [9.17, 15) is 10.5 Å². The number of hydrogen-bond donors (Lipinski definition) is 0. The molecule has 22 rings (SSSR count). The molecule has 4 heterocycles. The lowest BCUT2D eigenvalue weighted by molar-refractivity contribution is 0.439. The minimum absolute atomic E-state index is 0.527. The van der Waals surface area contributed by atoms with Gasteiger partial charge in [-0.3, -0.25) is 0 Å². The van der Waals surface area contributed by atoms with Gasteiger partial charge in [-0.2, -0.15) is 10.5 Å². The average molecular weight is 1450 g/mol. The molecule has 16 aromatic carbocycles. The van der Waals surface area contributed by atoms with Crippen molar-refractivity contribution in [1.29, 1.82) is 10.5 Å². The monoisotopic (exact) mass is 1450 g/mol. The van der Waals surface area contributed by atoms with Crippen LogP contribution in [0.4, 0.5) is 0 Å². The molecule has 0 radical (unpaired) electrons. The molecule has 4 aliphatic rings. The van der Waals surface area contributed by atoms with Crippen LogP contribution in [0.25, 0.3) is 145 Å². The molecule has 528 valence electrons. The van der Waals surface area contributed by atoms with E-state index in [-0.39, 0.29) is 0 Å². The van der Waals surface area contributed by atoms with E-state index in [2.05, 4.69) is 322 Å². The third-order valence-corrected chi connectivity index (χ3v) is 23.6. The van der Waals surface area contributed by atoms with Gasteiger partial charge < -0.3 is 9.47 Å². The van der Waals surface area contributed by atoms with Gasteiger partial charge in [0.05, 0.1) is 62.4 Å². The molecule has 0 bridgehead atoms. The quantitative estimate of drug-likeness (QED) is 0.133. The summed E-state index contributed by atoms with van der Waals surface area (Å²) in [6.07, 6.45) is 0. The van der Waals surface area contributed by atoms with Gasteiger partial charge in [0.15, 0.2) is 11.6 Å². The van der Waals surface area contributed by atoms with Crippen LogP contribution in [0.3, 0.4) is 0 Å². The van der Waals surface area contributed by atoms with Crippen molar-refractivity contribution in [3.05, 3.63) is 432 Å². The Morgan fingerprint density at radius 1 is 0.219 bits per heavy atom. The zero-order chi connectivity index (χ0) is 75.6. The lowest BCUT2D eigenvalue weighted by Crippen LogP contribution is -2.32. The number of para-hydroxylation sites is 4. The number of nitriles is 2. The van der Waals surface area contributed by atoms with Crippen molar-refractivity contribution in [2.45, 2.75) is 10.8 Å². The molecule has 0 amide bonds. The Morgan fingerprint density at radius 2 is 0.579 bits per heavy atom. The van der Waals surface area contributed by atoms with Crippen molar-refractivity contribution >= 4 is 10.8 Å². The van der Waals surface area contributed by atoms with Crippen LogP contribution >= 0.6 is 0 Å². The van der Waals surface area contributed by atoms with E-state index in [1.54, 1.807) is 0 Å². The summed E-state index contributed by atoms with van der Waals surface area (Å²) in [6.45, 7) is 0. The van der Waals surface area contributed by atoms with Crippen LogP contribution in [0.15, 0.2) is 376 Å². The SMILES string of the molecule is N#Cc1ccc(-c2cccc3c2Oc2c(-c4cccc(-c5nc(-c6ccccc6)cc(-c6ccc(-c7cccc8c7-c7ccccc7C87c8cccc(-c9cccc(C#N)c9)c8Oc8c(-c9nc(-c%10ccccc%10)cc(-c%10cccc%11ccccc%10%11)n9)cccc87)cc6)n5)c4)cccc2C32c3ccccc3-c3ccccc32)cc1. The maximum atomic E-state index is 10.4. The number of benzene rings is 16. The number of ether oxygens (including phenoxy) is 2. The Morgan fingerprint density at radius 3 is 1.18 bits per heavy atom. The maximum Gasteiger partial charge on any atom is 0.164 e. The molecule has 0 fully saturated rings. The first kappa shape index (κ1) is 65.6. The Balaban J connectivity index is 0.684. The first-order chi connectivity index (χ1) is 56.4. The number of fused-ring (bicyclic) bond motifs is 19. The summed E-state index contributed by atoms with van der Waals surface area (Å²) in [4.78, 5) is 22.0. The summed E-state index contributed by atoms with van der Waals surface area (Å²) < 4.78 is 15.2. The van der Waals surface area contributed by atoms with Crippen LogP contribution < -0.4 is 9.47 Å². The molecule has 2 aliphatic carbocycles. The van der Waals surface area contributed by atoms with E-state index in [0.717, 1.165) is 167 Å². The van der Waals surface area contributed by atoms with Gasteiger partial charge in [0.25, 0.3) is 0 Å². The molecule has 1 unspecified atom stereocenters. The molecule has 0 N–H and O–H groups in total. The van der Waals surface area contributed by atoms with Crippen LogP contribution in [-0.2, 0) is 10.8 Å². The highest BCUT2D eigenvalue weighted by Crippen LogP contribution is 2.67. The second-order valence-corrected chi connectivity index (χ2v) is 29.5. The zero-order valence-corrected chi connectivity index (χ0v) is 61.3. The highest BCUT2D eigenvalue weighted by molar-refractivity contribution is 6.01. The molecule has 2 spiro atoms.